The van der Waals surface area contributed by atoms with Crippen LogP contribution in [0, 0.1) is 0 Å². The Balaban J connectivity index is 1.67. The van der Waals surface area contributed by atoms with Gasteiger partial charge >= 0.3 is 5.97 Å². The van der Waals surface area contributed by atoms with Gasteiger partial charge in [0, 0.05) is 31.2 Å². The van der Waals surface area contributed by atoms with Crippen LogP contribution < -0.4 is 21.7 Å². The van der Waals surface area contributed by atoms with Crippen molar-refractivity contribution in [1.29, 1.82) is 0 Å². The summed E-state index contributed by atoms with van der Waals surface area (Å²) in [5.41, 5.74) is 7.93. The van der Waals surface area contributed by atoms with E-state index in [0.29, 0.717) is 11.3 Å². The summed E-state index contributed by atoms with van der Waals surface area (Å²) in [5.74, 6) is -3.13. The van der Waals surface area contributed by atoms with Crippen LogP contribution in [0.5, 0.6) is 5.75 Å². The number of amides is 3. The van der Waals surface area contributed by atoms with Crippen molar-refractivity contribution in [2.45, 2.75) is 50.4 Å². The van der Waals surface area contributed by atoms with E-state index in [1.54, 1.807) is 48.7 Å². The first kappa shape index (κ1) is 28.9. The molecule has 4 unspecified atom stereocenters. The molecule has 12 heteroatoms. The fourth-order valence-corrected chi connectivity index (χ4v) is 3.81. The molecule has 3 aromatic rings. The lowest BCUT2D eigenvalue weighted by atomic mass is 10.0. The lowest BCUT2D eigenvalue weighted by molar-refractivity contribution is -0.142. The highest BCUT2D eigenvalue weighted by molar-refractivity contribution is 5.94. The summed E-state index contributed by atoms with van der Waals surface area (Å²) in [6, 6.07) is 10.5. The second kappa shape index (κ2) is 13.7. The number of benzene rings is 2. The van der Waals surface area contributed by atoms with E-state index in [1.807, 2.05) is 0 Å². The Morgan fingerprint density at radius 1 is 0.846 bits per heavy atom. The summed E-state index contributed by atoms with van der Waals surface area (Å²) in [4.78, 5) is 57.3. The first-order chi connectivity index (χ1) is 18.6. The van der Waals surface area contributed by atoms with Crippen LogP contribution >= 0.6 is 0 Å². The van der Waals surface area contributed by atoms with Crippen LogP contribution in [0.1, 0.15) is 23.7 Å². The number of aromatic amines is 1. The number of carbonyl (C=O) groups excluding carboxylic acids is 3. The van der Waals surface area contributed by atoms with Gasteiger partial charge in [-0.05, 0) is 30.2 Å². The zero-order valence-corrected chi connectivity index (χ0v) is 21.3. The molecule has 0 radical (unpaired) electrons. The van der Waals surface area contributed by atoms with E-state index < -0.39 is 47.9 Å². The number of aromatic hydroxyl groups is 1. The van der Waals surface area contributed by atoms with Crippen LogP contribution in [-0.2, 0) is 38.4 Å². The van der Waals surface area contributed by atoms with Crippen LogP contribution in [0.15, 0.2) is 67.1 Å². The molecular formula is C27H32N6O6. The zero-order chi connectivity index (χ0) is 28.4. The summed E-state index contributed by atoms with van der Waals surface area (Å²) >= 11 is 0. The minimum atomic E-state index is -1.28. The molecule has 0 bridgehead atoms. The third-order valence-corrected chi connectivity index (χ3v) is 5.99. The molecule has 12 nitrogen and oxygen atoms in total. The van der Waals surface area contributed by atoms with Crippen molar-refractivity contribution in [3.05, 3.63) is 83.9 Å². The Morgan fingerprint density at radius 2 is 1.46 bits per heavy atom. The molecule has 0 aliphatic heterocycles. The number of carbonyl (C=O) groups is 4. The largest absolute Gasteiger partial charge is 0.508 e. The molecule has 0 saturated heterocycles. The molecular weight excluding hydrogens is 504 g/mol. The number of carboxylic acids is 1. The van der Waals surface area contributed by atoms with E-state index in [9.17, 15) is 29.4 Å². The second-order valence-electron chi connectivity index (χ2n) is 9.14. The molecule has 1 aromatic heterocycles. The maximum atomic E-state index is 13.2. The highest BCUT2D eigenvalue weighted by Crippen LogP contribution is 2.12. The molecule has 0 aliphatic rings. The predicted octanol–water partition coefficient (Wildman–Crippen LogP) is 0.0294. The van der Waals surface area contributed by atoms with Crippen LogP contribution in [0.25, 0.3) is 0 Å². The number of rotatable bonds is 13. The van der Waals surface area contributed by atoms with Crippen molar-refractivity contribution in [2.75, 3.05) is 0 Å². The maximum absolute atomic E-state index is 13.2. The van der Waals surface area contributed by atoms with E-state index in [2.05, 4.69) is 25.9 Å². The molecule has 3 rings (SSSR count). The number of carboxylic acid groups (broad SMARTS) is 1. The molecule has 1 heterocycles. The van der Waals surface area contributed by atoms with E-state index in [1.165, 1.54) is 25.4 Å². The summed E-state index contributed by atoms with van der Waals surface area (Å²) in [7, 11) is 0. The van der Waals surface area contributed by atoms with E-state index >= 15 is 0 Å². The molecule has 0 aliphatic carbocycles. The normalized spacial score (nSPS) is 13.9. The standard InChI is InChI=1S/C27H32N6O6/c1-16(31-25(36)21(28)13-19-14-29-15-30-19)24(35)32-22(11-17-5-3-2-4-6-17)26(37)33-23(27(38)39)12-18-7-9-20(34)10-8-18/h2-10,14-16,21-23,34H,11-13,28H2,1H3,(H,29,30)(H,31,36)(H,32,35)(H,33,37)(H,38,39). The summed E-state index contributed by atoms with van der Waals surface area (Å²) in [5, 5.41) is 26.8. The SMILES string of the molecule is CC(NC(=O)C(N)Cc1cnc[nH]1)C(=O)NC(Cc1ccccc1)C(=O)NC(Cc1ccc(O)cc1)C(=O)O. The van der Waals surface area contributed by atoms with Crippen LogP contribution in [0.4, 0.5) is 0 Å². The van der Waals surface area contributed by atoms with Gasteiger partial charge in [-0.25, -0.2) is 9.78 Å². The van der Waals surface area contributed by atoms with Crippen LogP contribution in [0.2, 0.25) is 0 Å². The molecule has 2 aromatic carbocycles. The number of imidazole rings is 1. The molecule has 8 N–H and O–H groups in total. The highest BCUT2D eigenvalue weighted by Gasteiger charge is 2.29. The zero-order valence-electron chi connectivity index (χ0n) is 21.3. The van der Waals surface area contributed by atoms with E-state index in [-0.39, 0.29) is 25.0 Å². The fourth-order valence-electron chi connectivity index (χ4n) is 3.81. The van der Waals surface area contributed by atoms with Crippen molar-refractivity contribution in [1.82, 2.24) is 25.9 Å². The maximum Gasteiger partial charge on any atom is 0.326 e. The number of hydrogen-bond acceptors (Lipinski definition) is 7. The minimum absolute atomic E-state index is 0.0313. The quantitative estimate of drug-likeness (QED) is 0.159. The van der Waals surface area contributed by atoms with Gasteiger partial charge < -0.3 is 36.9 Å². The van der Waals surface area contributed by atoms with Gasteiger partial charge in [0.05, 0.1) is 12.4 Å². The Hall–Kier alpha value is -4.71. The van der Waals surface area contributed by atoms with Crippen LogP contribution in [-0.4, -0.2) is 68.0 Å². The number of hydrogen-bond donors (Lipinski definition) is 7. The number of phenols is 1. The molecule has 0 spiro atoms. The number of aromatic nitrogens is 2. The number of aliphatic carboxylic acids is 1. The Labute approximate surface area is 225 Å². The number of phenolic OH excluding ortho intramolecular Hbond substituents is 1. The molecule has 0 fully saturated rings. The molecule has 3 amide bonds. The van der Waals surface area contributed by atoms with Gasteiger partial charge in [-0.3, -0.25) is 14.4 Å². The molecule has 206 valence electrons. The van der Waals surface area contributed by atoms with E-state index in [0.717, 1.165) is 5.56 Å². The Bertz CT molecular complexity index is 1250. The van der Waals surface area contributed by atoms with Gasteiger partial charge in [0.15, 0.2) is 0 Å². The average Bonchev–Trinajstić information content (AvgIpc) is 3.42. The topological polar surface area (TPSA) is 200 Å². The lowest BCUT2D eigenvalue weighted by Crippen LogP contribution is -2.57. The number of H-pyrrole nitrogens is 1. The highest BCUT2D eigenvalue weighted by atomic mass is 16.4. The van der Waals surface area contributed by atoms with Gasteiger partial charge in [0.2, 0.25) is 17.7 Å². The third kappa shape index (κ3) is 8.97. The second-order valence-corrected chi connectivity index (χ2v) is 9.14. The van der Waals surface area contributed by atoms with Gasteiger partial charge in [0.25, 0.3) is 0 Å². The number of nitrogens with zero attached hydrogens (tertiary/aromatic N) is 1. The molecule has 39 heavy (non-hydrogen) atoms. The van der Waals surface area contributed by atoms with Crippen molar-refractivity contribution >= 4 is 23.7 Å². The summed E-state index contributed by atoms with van der Waals surface area (Å²) < 4.78 is 0. The van der Waals surface area contributed by atoms with Gasteiger partial charge in [-0.2, -0.15) is 0 Å². The first-order valence-electron chi connectivity index (χ1n) is 12.3. The van der Waals surface area contributed by atoms with E-state index in [4.69, 9.17) is 5.73 Å². The fraction of sp³-hybridized carbons (Fsp3) is 0.296. The number of nitrogens with two attached hydrogens (primary N) is 1. The monoisotopic (exact) mass is 536 g/mol. The smallest absolute Gasteiger partial charge is 0.326 e. The van der Waals surface area contributed by atoms with Crippen molar-refractivity contribution < 1.29 is 29.4 Å². The van der Waals surface area contributed by atoms with Gasteiger partial charge in [0.1, 0.15) is 23.9 Å². The van der Waals surface area contributed by atoms with Gasteiger partial charge in [-0.1, -0.05) is 42.5 Å². The summed E-state index contributed by atoms with van der Waals surface area (Å²) in [6.45, 7) is 1.46. The average molecular weight is 537 g/mol. The molecule has 0 saturated carbocycles. The summed E-state index contributed by atoms with van der Waals surface area (Å²) in [6.07, 6.45) is 3.25. The Kier molecular flexibility index (Phi) is 10.2. The predicted molar refractivity (Wildman–Crippen MR) is 141 cm³/mol. The van der Waals surface area contributed by atoms with Crippen molar-refractivity contribution in [3.8, 4) is 5.75 Å². The minimum Gasteiger partial charge on any atom is -0.508 e. The Morgan fingerprint density at radius 3 is 2.08 bits per heavy atom. The lowest BCUT2D eigenvalue weighted by Gasteiger charge is -2.24. The third-order valence-electron chi connectivity index (χ3n) is 5.99. The first-order valence-corrected chi connectivity index (χ1v) is 12.3. The van der Waals surface area contributed by atoms with Crippen molar-refractivity contribution in [3.63, 3.8) is 0 Å². The number of nitrogens with one attached hydrogen (secondary N) is 4. The van der Waals surface area contributed by atoms with Crippen molar-refractivity contribution in [2.24, 2.45) is 5.73 Å². The van der Waals surface area contributed by atoms with Crippen LogP contribution in [0.3, 0.4) is 0 Å². The van der Waals surface area contributed by atoms with Gasteiger partial charge in [-0.15, -0.1) is 0 Å². The molecule has 4 atom stereocenters.